The molecule has 114 valence electrons. The number of carbonyl (C=O) groups excluding carboxylic acids is 1. The highest BCUT2D eigenvalue weighted by atomic mass is 16.6. The Bertz CT molecular complexity index is 529. The van der Waals surface area contributed by atoms with Crippen LogP contribution in [0.2, 0.25) is 0 Å². The molecule has 0 radical (unpaired) electrons. The first-order valence-electron chi connectivity index (χ1n) is 6.84. The van der Waals surface area contributed by atoms with Gasteiger partial charge in [0.25, 0.3) is 5.69 Å². The quantitative estimate of drug-likeness (QED) is 0.332. The van der Waals surface area contributed by atoms with Gasteiger partial charge in [0.2, 0.25) is 5.91 Å². The Kier molecular flexibility index (Phi) is 6.86. The summed E-state index contributed by atoms with van der Waals surface area (Å²) in [5.74, 6) is -0.353. The van der Waals surface area contributed by atoms with Crippen molar-refractivity contribution in [1.29, 1.82) is 0 Å². The summed E-state index contributed by atoms with van der Waals surface area (Å²) in [4.78, 5) is 21.5. The van der Waals surface area contributed by atoms with Gasteiger partial charge in [-0.2, -0.15) is 5.10 Å². The van der Waals surface area contributed by atoms with E-state index in [1.807, 2.05) is 0 Å². The molecule has 0 spiro atoms. The van der Waals surface area contributed by atoms with E-state index in [4.69, 9.17) is 0 Å². The number of hydrogen-bond acceptors (Lipinski definition) is 5. The molecule has 0 heterocycles. The van der Waals surface area contributed by atoms with Gasteiger partial charge in [0.1, 0.15) is 5.75 Å². The number of non-ortho nitro benzene ring substituents is 1. The highest BCUT2D eigenvalue weighted by Gasteiger charge is 2.08. The molecule has 0 bridgehead atoms. The Morgan fingerprint density at radius 2 is 2.19 bits per heavy atom. The molecule has 1 aromatic carbocycles. The molecule has 21 heavy (non-hydrogen) atoms. The second-order valence-corrected chi connectivity index (χ2v) is 4.60. The molecule has 0 atom stereocenters. The van der Waals surface area contributed by atoms with Crippen LogP contribution in [0.5, 0.6) is 5.75 Å². The number of unbranched alkanes of at least 4 members (excludes halogenated alkanes) is 3. The molecule has 0 saturated heterocycles. The molecule has 1 rings (SSSR count). The topological polar surface area (TPSA) is 105 Å². The van der Waals surface area contributed by atoms with Crippen LogP contribution < -0.4 is 5.43 Å². The zero-order valence-electron chi connectivity index (χ0n) is 11.9. The number of hydrogen-bond donors (Lipinski definition) is 2. The Balaban J connectivity index is 2.51. The number of nitro benzene ring substituents is 1. The summed E-state index contributed by atoms with van der Waals surface area (Å²) in [5, 5.41) is 23.9. The van der Waals surface area contributed by atoms with Crippen molar-refractivity contribution in [2.75, 3.05) is 0 Å². The molecule has 0 aromatic heterocycles. The van der Waals surface area contributed by atoms with E-state index in [2.05, 4.69) is 17.5 Å². The number of hydrazone groups is 1. The first kappa shape index (κ1) is 16.6. The number of nitro groups is 1. The van der Waals surface area contributed by atoms with Crippen LogP contribution in [0.1, 0.15) is 44.6 Å². The molecule has 0 saturated carbocycles. The summed E-state index contributed by atoms with van der Waals surface area (Å²) in [5.41, 5.74) is 2.36. The number of phenolic OH excluding ortho intramolecular Hbond substituents is 1. The number of amides is 1. The summed E-state index contributed by atoms with van der Waals surface area (Å²) in [7, 11) is 0. The number of aromatic hydroxyl groups is 1. The van der Waals surface area contributed by atoms with E-state index in [-0.39, 0.29) is 22.9 Å². The van der Waals surface area contributed by atoms with Gasteiger partial charge in [-0.15, -0.1) is 0 Å². The van der Waals surface area contributed by atoms with Gasteiger partial charge in [0.05, 0.1) is 11.1 Å². The maximum Gasteiger partial charge on any atom is 0.270 e. The molecular weight excluding hydrogens is 274 g/mol. The second-order valence-electron chi connectivity index (χ2n) is 4.60. The molecule has 1 amide bonds. The molecule has 0 aliphatic carbocycles. The van der Waals surface area contributed by atoms with Crippen LogP contribution >= 0.6 is 0 Å². The molecule has 0 aliphatic rings. The third-order valence-electron chi connectivity index (χ3n) is 2.87. The van der Waals surface area contributed by atoms with E-state index in [1.54, 1.807) is 0 Å². The number of rotatable bonds is 8. The Hall–Kier alpha value is -2.44. The van der Waals surface area contributed by atoms with Crippen LogP contribution in [0.3, 0.4) is 0 Å². The Labute approximate surface area is 122 Å². The molecule has 0 unspecified atom stereocenters. The van der Waals surface area contributed by atoms with Gasteiger partial charge in [-0.1, -0.05) is 26.2 Å². The standard InChI is InChI=1S/C14H19N3O4/c1-2-3-4-5-6-14(19)16-15-10-11-9-12(17(20)21)7-8-13(11)18/h7-10,18H,2-6H2,1H3,(H,16,19). The minimum absolute atomic E-state index is 0.137. The lowest BCUT2D eigenvalue weighted by molar-refractivity contribution is -0.384. The molecule has 7 nitrogen and oxygen atoms in total. The minimum Gasteiger partial charge on any atom is -0.507 e. The first-order chi connectivity index (χ1) is 10.0. The third-order valence-corrected chi connectivity index (χ3v) is 2.87. The Morgan fingerprint density at radius 1 is 1.43 bits per heavy atom. The minimum atomic E-state index is -0.566. The summed E-state index contributed by atoms with van der Waals surface area (Å²) >= 11 is 0. The fourth-order valence-electron chi connectivity index (χ4n) is 1.70. The lowest BCUT2D eigenvalue weighted by Crippen LogP contribution is -2.16. The van der Waals surface area contributed by atoms with Crippen molar-refractivity contribution in [2.24, 2.45) is 5.10 Å². The first-order valence-corrected chi connectivity index (χ1v) is 6.84. The van der Waals surface area contributed by atoms with Crippen molar-refractivity contribution in [3.63, 3.8) is 0 Å². The lowest BCUT2D eigenvalue weighted by Gasteiger charge is -2.01. The summed E-state index contributed by atoms with van der Waals surface area (Å²) in [6.45, 7) is 2.09. The van der Waals surface area contributed by atoms with Crippen molar-refractivity contribution < 1.29 is 14.8 Å². The van der Waals surface area contributed by atoms with E-state index in [9.17, 15) is 20.0 Å². The summed E-state index contributed by atoms with van der Waals surface area (Å²) < 4.78 is 0. The van der Waals surface area contributed by atoms with Gasteiger partial charge in [0.15, 0.2) is 0 Å². The fraction of sp³-hybridized carbons (Fsp3) is 0.429. The SMILES string of the molecule is CCCCCCC(=O)NN=Cc1cc([N+](=O)[O-])ccc1O. The van der Waals surface area contributed by atoms with Gasteiger partial charge < -0.3 is 5.11 Å². The summed E-state index contributed by atoms with van der Waals surface area (Å²) in [6, 6.07) is 3.59. The largest absolute Gasteiger partial charge is 0.507 e. The maximum absolute atomic E-state index is 11.5. The lowest BCUT2D eigenvalue weighted by atomic mass is 10.1. The highest BCUT2D eigenvalue weighted by molar-refractivity contribution is 5.85. The average Bonchev–Trinajstić information content (AvgIpc) is 2.45. The zero-order chi connectivity index (χ0) is 15.7. The normalized spacial score (nSPS) is 10.7. The van der Waals surface area contributed by atoms with E-state index < -0.39 is 4.92 Å². The number of nitrogens with zero attached hydrogens (tertiary/aromatic N) is 2. The molecule has 7 heteroatoms. The fourth-order valence-corrected chi connectivity index (χ4v) is 1.70. The predicted octanol–water partition coefficient (Wildman–Crippen LogP) is 2.72. The number of benzene rings is 1. The van der Waals surface area contributed by atoms with Crippen molar-refractivity contribution in [3.05, 3.63) is 33.9 Å². The molecular formula is C14H19N3O4. The van der Waals surface area contributed by atoms with E-state index in [0.29, 0.717) is 6.42 Å². The second kappa shape index (κ2) is 8.68. The van der Waals surface area contributed by atoms with E-state index >= 15 is 0 Å². The van der Waals surface area contributed by atoms with Gasteiger partial charge in [0, 0.05) is 24.1 Å². The monoisotopic (exact) mass is 293 g/mol. The van der Waals surface area contributed by atoms with E-state index in [1.165, 1.54) is 24.4 Å². The van der Waals surface area contributed by atoms with Crippen molar-refractivity contribution in [2.45, 2.75) is 39.0 Å². The summed E-state index contributed by atoms with van der Waals surface area (Å²) in [6.07, 6.45) is 5.57. The van der Waals surface area contributed by atoms with Gasteiger partial charge >= 0.3 is 0 Å². The van der Waals surface area contributed by atoms with Gasteiger partial charge in [-0.3, -0.25) is 14.9 Å². The number of nitrogens with one attached hydrogen (secondary N) is 1. The van der Waals surface area contributed by atoms with Crippen molar-refractivity contribution >= 4 is 17.8 Å². The zero-order valence-corrected chi connectivity index (χ0v) is 11.9. The van der Waals surface area contributed by atoms with Gasteiger partial charge in [-0.05, 0) is 12.5 Å². The number of phenols is 1. The van der Waals surface area contributed by atoms with Crippen LogP contribution in [0, 0.1) is 10.1 Å². The van der Waals surface area contributed by atoms with Crippen LogP contribution in [0.25, 0.3) is 0 Å². The van der Waals surface area contributed by atoms with Crippen LogP contribution in [0.15, 0.2) is 23.3 Å². The van der Waals surface area contributed by atoms with Crippen LogP contribution in [-0.2, 0) is 4.79 Å². The molecule has 0 fully saturated rings. The number of carbonyl (C=O) groups is 1. The molecule has 0 aliphatic heterocycles. The molecule has 1 aromatic rings. The van der Waals surface area contributed by atoms with Crippen LogP contribution in [-0.4, -0.2) is 22.2 Å². The third kappa shape index (κ3) is 6.03. The van der Waals surface area contributed by atoms with Crippen LogP contribution in [0.4, 0.5) is 5.69 Å². The maximum atomic E-state index is 11.5. The predicted molar refractivity (Wildman–Crippen MR) is 79.3 cm³/mol. The van der Waals surface area contributed by atoms with E-state index in [0.717, 1.165) is 25.7 Å². The van der Waals surface area contributed by atoms with Gasteiger partial charge in [-0.25, -0.2) is 5.43 Å². The van der Waals surface area contributed by atoms with Crippen molar-refractivity contribution in [1.82, 2.24) is 5.43 Å². The average molecular weight is 293 g/mol. The molecule has 2 N–H and O–H groups in total. The Morgan fingerprint density at radius 3 is 2.86 bits per heavy atom. The smallest absolute Gasteiger partial charge is 0.270 e. The highest BCUT2D eigenvalue weighted by Crippen LogP contribution is 2.21. The van der Waals surface area contributed by atoms with Crippen molar-refractivity contribution in [3.8, 4) is 5.75 Å².